The summed E-state index contributed by atoms with van der Waals surface area (Å²) in [6.07, 6.45) is -0.936. The minimum atomic E-state index is -0.754. The standard InChI is InChI=1S/C13H14N2O5S/c1-18-12-11-10(14-13(15-12)19-2)6(5-21-11)8-3-7(17)9(4-16)20-8/h5,8-9,16H,3-4H2,1-2H3/t8-,9-/m1/s1. The second-order valence-electron chi connectivity index (χ2n) is 4.55. The number of carbonyl (C=O) groups excluding carboxylic acids is 1. The van der Waals surface area contributed by atoms with Gasteiger partial charge in [-0.1, -0.05) is 0 Å². The van der Waals surface area contributed by atoms with Crippen LogP contribution in [0.1, 0.15) is 18.1 Å². The third-order valence-corrected chi connectivity index (χ3v) is 4.33. The summed E-state index contributed by atoms with van der Waals surface area (Å²) in [6.45, 7) is -0.307. The number of ether oxygens (including phenoxy) is 3. The normalized spacial score (nSPS) is 22.0. The first-order valence-corrected chi connectivity index (χ1v) is 7.22. The van der Waals surface area contributed by atoms with Gasteiger partial charge in [0.1, 0.15) is 10.8 Å². The Morgan fingerprint density at radius 1 is 1.43 bits per heavy atom. The van der Waals surface area contributed by atoms with E-state index < -0.39 is 12.2 Å². The molecule has 2 aromatic rings. The lowest BCUT2D eigenvalue weighted by Gasteiger charge is -2.10. The van der Waals surface area contributed by atoms with Gasteiger partial charge >= 0.3 is 6.01 Å². The number of rotatable bonds is 4. The number of ketones is 1. The number of hydrogen-bond acceptors (Lipinski definition) is 8. The quantitative estimate of drug-likeness (QED) is 0.904. The van der Waals surface area contributed by atoms with E-state index in [1.165, 1.54) is 25.6 Å². The van der Waals surface area contributed by atoms with Crippen molar-refractivity contribution in [2.24, 2.45) is 0 Å². The van der Waals surface area contributed by atoms with Gasteiger partial charge < -0.3 is 19.3 Å². The van der Waals surface area contributed by atoms with Crippen molar-refractivity contribution < 1.29 is 24.1 Å². The van der Waals surface area contributed by atoms with Crippen LogP contribution in [0, 0.1) is 0 Å². The average Bonchev–Trinajstić information content (AvgIpc) is 3.08. The summed E-state index contributed by atoms with van der Waals surface area (Å²) >= 11 is 1.42. The van der Waals surface area contributed by atoms with Crippen molar-refractivity contribution in [3.05, 3.63) is 10.9 Å². The third-order valence-electron chi connectivity index (χ3n) is 3.35. The fourth-order valence-corrected chi connectivity index (χ4v) is 3.33. The number of thiophene rings is 1. The molecule has 0 amide bonds. The van der Waals surface area contributed by atoms with E-state index in [0.29, 0.717) is 11.4 Å². The van der Waals surface area contributed by atoms with E-state index >= 15 is 0 Å². The van der Waals surface area contributed by atoms with Gasteiger partial charge in [-0.15, -0.1) is 11.3 Å². The number of aliphatic hydroxyl groups is 1. The summed E-state index contributed by atoms with van der Waals surface area (Å²) in [7, 11) is 3.00. The van der Waals surface area contributed by atoms with Crippen molar-refractivity contribution in [2.75, 3.05) is 20.8 Å². The van der Waals surface area contributed by atoms with Gasteiger partial charge in [0.15, 0.2) is 5.78 Å². The smallest absolute Gasteiger partial charge is 0.320 e. The first-order valence-electron chi connectivity index (χ1n) is 6.34. The molecule has 1 aliphatic heterocycles. The maximum absolute atomic E-state index is 11.7. The van der Waals surface area contributed by atoms with E-state index in [-0.39, 0.29) is 24.8 Å². The Morgan fingerprint density at radius 2 is 2.24 bits per heavy atom. The molecule has 7 nitrogen and oxygen atoms in total. The van der Waals surface area contributed by atoms with E-state index in [9.17, 15) is 4.79 Å². The summed E-state index contributed by atoms with van der Waals surface area (Å²) in [5.41, 5.74) is 1.44. The summed E-state index contributed by atoms with van der Waals surface area (Å²) < 4.78 is 16.7. The molecule has 8 heteroatoms. The number of carbonyl (C=O) groups is 1. The largest absolute Gasteiger partial charge is 0.480 e. The van der Waals surface area contributed by atoms with Crippen LogP contribution in [0.3, 0.4) is 0 Å². The molecule has 1 N–H and O–H groups in total. The molecule has 112 valence electrons. The van der Waals surface area contributed by atoms with Gasteiger partial charge in [-0.3, -0.25) is 4.79 Å². The Kier molecular flexibility index (Phi) is 3.75. The number of fused-ring (bicyclic) bond motifs is 1. The molecule has 0 aromatic carbocycles. The van der Waals surface area contributed by atoms with Crippen LogP contribution in [0.2, 0.25) is 0 Å². The molecule has 3 heterocycles. The highest BCUT2D eigenvalue weighted by Crippen LogP contribution is 2.40. The maximum atomic E-state index is 11.7. The van der Waals surface area contributed by atoms with Crippen molar-refractivity contribution in [3.63, 3.8) is 0 Å². The van der Waals surface area contributed by atoms with Crippen LogP contribution < -0.4 is 9.47 Å². The highest BCUT2D eigenvalue weighted by Gasteiger charge is 2.35. The number of Topliss-reactive ketones (excluding diaryl/α,β-unsaturated/α-hetero) is 1. The molecule has 21 heavy (non-hydrogen) atoms. The first-order chi connectivity index (χ1) is 10.2. The molecule has 2 atom stereocenters. The van der Waals surface area contributed by atoms with Crippen molar-refractivity contribution in [1.82, 2.24) is 9.97 Å². The third kappa shape index (κ3) is 2.35. The van der Waals surface area contributed by atoms with Crippen LogP contribution >= 0.6 is 11.3 Å². The predicted octanol–water partition coefficient (Wildman–Crippen LogP) is 1.10. The molecule has 1 aliphatic rings. The van der Waals surface area contributed by atoms with Gasteiger partial charge in [-0.25, -0.2) is 0 Å². The van der Waals surface area contributed by atoms with Crippen molar-refractivity contribution in [2.45, 2.75) is 18.6 Å². The lowest BCUT2D eigenvalue weighted by molar-refractivity contribution is -0.124. The Hall–Kier alpha value is -1.77. The van der Waals surface area contributed by atoms with Gasteiger partial charge in [-0.05, 0) is 5.38 Å². The molecule has 0 aliphatic carbocycles. The Bertz CT molecular complexity index is 686. The molecule has 2 aromatic heterocycles. The average molecular weight is 310 g/mol. The van der Waals surface area contributed by atoms with Crippen LogP contribution in [0.5, 0.6) is 11.9 Å². The second kappa shape index (κ2) is 5.55. The number of aliphatic hydroxyl groups excluding tert-OH is 1. The molecule has 1 saturated heterocycles. The predicted molar refractivity (Wildman–Crippen MR) is 74.8 cm³/mol. The topological polar surface area (TPSA) is 90.8 Å². The first kappa shape index (κ1) is 14.2. The van der Waals surface area contributed by atoms with Gasteiger partial charge in [0.25, 0.3) is 0 Å². The molecule has 0 spiro atoms. The minimum absolute atomic E-state index is 0.102. The number of nitrogens with zero attached hydrogens (tertiary/aromatic N) is 2. The van der Waals surface area contributed by atoms with Gasteiger partial charge in [0, 0.05) is 12.0 Å². The Balaban J connectivity index is 2.06. The zero-order chi connectivity index (χ0) is 15.0. The highest BCUT2D eigenvalue weighted by atomic mass is 32.1. The highest BCUT2D eigenvalue weighted by molar-refractivity contribution is 7.17. The van der Waals surface area contributed by atoms with Gasteiger partial charge in [-0.2, -0.15) is 9.97 Å². The number of aromatic nitrogens is 2. The Labute approximate surface area is 124 Å². The summed E-state index contributed by atoms with van der Waals surface area (Å²) in [5, 5.41) is 11.0. The summed E-state index contributed by atoms with van der Waals surface area (Å²) in [5.74, 6) is 0.325. The minimum Gasteiger partial charge on any atom is -0.480 e. The van der Waals surface area contributed by atoms with Crippen molar-refractivity contribution in [3.8, 4) is 11.9 Å². The summed E-state index contributed by atoms with van der Waals surface area (Å²) in [6, 6.07) is 0.196. The molecule has 0 radical (unpaired) electrons. The van der Waals surface area contributed by atoms with E-state index in [1.54, 1.807) is 0 Å². The molecule has 0 saturated carbocycles. The maximum Gasteiger partial charge on any atom is 0.320 e. The van der Waals surface area contributed by atoms with Crippen LogP contribution in [-0.4, -0.2) is 47.8 Å². The van der Waals surface area contributed by atoms with Crippen LogP contribution in [0.4, 0.5) is 0 Å². The SMILES string of the molecule is COc1nc(OC)c2scc([C@H]3CC(=O)[C@@H](CO)O3)c2n1. The van der Waals surface area contributed by atoms with Crippen LogP contribution in [0.15, 0.2) is 5.38 Å². The molecular formula is C13H14N2O5S. The van der Waals surface area contributed by atoms with Crippen molar-refractivity contribution in [1.29, 1.82) is 0 Å². The molecular weight excluding hydrogens is 296 g/mol. The van der Waals surface area contributed by atoms with Crippen LogP contribution in [0.25, 0.3) is 10.2 Å². The second-order valence-corrected chi connectivity index (χ2v) is 5.43. The molecule has 3 rings (SSSR count). The molecule has 0 unspecified atom stereocenters. The fourth-order valence-electron chi connectivity index (χ4n) is 2.31. The van der Waals surface area contributed by atoms with Gasteiger partial charge in [0.2, 0.25) is 5.88 Å². The monoisotopic (exact) mass is 310 g/mol. The van der Waals surface area contributed by atoms with E-state index in [1.807, 2.05) is 5.38 Å². The Morgan fingerprint density at radius 3 is 2.86 bits per heavy atom. The lowest BCUT2D eigenvalue weighted by atomic mass is 10.1. The van der Waals surface area contributed by atoms with E-state index in [0.717, 1.165) is 10.3 Å². The van der Waals surface area contributed by atoms with Crippen LogP contribution in [-0.2, 0) is 9.53 Å². The number of methoxy groups -OCH3 is 2. The fraction of sp³-hybridized carbons (Fsp3) is 0.462. The zero-order valence-corrected chi connectivity index (χ0v) is 12.3. The van der Waals surface area contributed by atoms with E-state index in [2.05, 4.69) is 9.97 Å². The van der Waals surface area contributed by atoms with Crippen molar-refractivity contribution >= 4 is 27.3 Å². The van der Waals surface area contributed by atoms with Gasteiger partial charge in [0.05, 0.1) is 32.4 Å². The summed E-state index contributed by atoms with van der Waals surface area (Å²) in [4.78, 5) is 20.2. The zero-order valence-electron chi connectivity index (χ0n) is 11.5. The molecule has 1 fully saturated rings. The number of hydrogen-bond donors (Lipinski definition) is 1. The lowest BCUT2D eigenvalue weighted by Crippen LogP contribution is -2.19. The molecule has 0 bridgehead atoms. The van der Waals surface area contributed by atoms with E-state index in [4.69, 9.17) is 19.3 Å².